The van der Waals surface area contributed by atoms with Crippen molar-refractivity contribution in [1.82, 2.24) is 10.1 Å². The molecule has 1 atom stereocenters. The van der Waals surface area contributed by atoms with Gasteiger partial charge in [-0.15, -0.1) is 23.2 Å². The summed E-state index contributed by atoms with van der Waals surface area (Å²) >= 11 is 11.8. The van der Waals surface area contributed by atoms with Crippen molar-refractivity contribution in [3.05, 3.63) is 29.3 Å². The normalized spacial score (nSPS) is 12.5. The first-order valence-electron chi connectivity index (χ1n) is 10.1. The van der Waals surface area contributed by atoms with Gasteiger partial charge < -0.3 is 19.5 Å². The zero-order valence-corrected chi connectivity index (χ0v) is 19.9. The highest BCUT2D eigenvalue weighted by Gasteiger charge is 2.21. The van der Waals surface area contributed by atoms with Crippen molar-refractivity contribution in [2.75, 3.05) is 31.5 Å². The topological polar surface area (TPSA) is 67.9 Å². The Labute approximate surface area is 190 Å². The van der Waals surface area contributed by atoms with Gasteiger partial charge in [0, 0.05) is 37.4 Å². The molecule has 9 heteroatoms. The standard InChI is InChI=1S/C21H33BCl2N2O4/c1-16-5-6-17(13-26(9-7-23)10-8-24)11-19(16)29-14-18(25-22-15-27)12-20(28)30-21(2,3)4/h5-6,11,15,18,22,25H,7-10,12-14H2,1-4H3/t18-/m1/s1. The van der Waals surface area contributed by atoms with E-state index in [-0.39, 0.29) is 32.5 Å². The lowest BCUT2D eigenvalue weighted by molar-refractivity contribution is -0.155. The number of nitrogens with zero attached hydrogens (tertiary/aromatic N) is 1. The fourth-order valence-corrected chi connectivity index (χ4v) is 3.32. The summed E-state index contributed by atoms with van der Waals surface area (Å²) < 4.78 is 11.4. The van der Waals surface area contributed by atoms with E-state index < -0.39 is 5.60 Å². The van der Waals surface area contributed by atoms with Crippen molar-refractivity contribution in [1.29, 1.82) is 0 Å². The van der Waals surface area contributed by atoms with Crippen molar-refractivity contribution in [3.63, 3.8) is 0 Å². The Morgan fingerprint density at radius 2 is 1.93 bits per heavy atom. The number of hydrogen-bond acceptors (Lipinski definition) is 6. The SMILES string of the molecule is Cc1ccc(CN(CCCl)CCCl)cc1OC[C@@H](CC(=O)OC(C)(C)C)NBC=O. The lowest BCUT2D eigenvalue weighted by atomic mass is 9.96. The highest BCUT2D eigenvalue weighted by atomic mass is 35.5. The first-order valence-corrected chi connectivity index (χ1v) is 11.2. The molecule has 0 aromatic heterocycles. The van der Waals surface area contributed by atoms with Gasteiger partial charge in [-0.25, -0.2) is 0 Å². The van der Waals surface area contributed by atoms with E-state index in [0.29, 0.717) is 11.8 Å². The van der Waals surface area contributed by atoms with Crippen molar-refractivity contribution in [2.24, 2.45) is 0 Å². The van der Waals surface area contributed by atoms with Gasteiger partial charge in [-0.2, -0.15) is 0 Å². The number of alkyl halides is 2. The monoisotopic (exact) mass is 458 g/mol. The number of carbonyl (C=O) groups excluding carboxylic acids is 2. The quantitative estimate of drug-likeness (QED) is 0.200. The van der Waals surface area contributed by atoms with Crippen LogP contribution in [0.2, 0.25) is 0 Å². The van der Waals surface area contributed by atoms with Gasteiger partial charge in [0.2, 0.25) is 0 Å². The van der Waals surface area contributed by atoms with Gasteiger partial charge in [-0.1, -0.05) is 12.1 Å². The van der Waals surface area contributed by atoms with Gasteiger partial charge in [0.1, 0.15) is 18.0 Å². The van der Waals surface area contributed by atoms with Crippen LogP contribution in [0.5, 0.6) is 5.75 Å². The predicted octanol–water partition coefficient (Wildman–Crippen LogP) is 2.89. The molecule has 30 heavy (non-hydrogen) atoms. The summed E-state index contributed by atoms with van der Waals surface area (Å²) in [5, 5.41) is 3.02. The van der Waals surface area contributed by atoms with Crippen LogP contribution in [0.15, 0.2) is 18.2 Å². The minimum atomic E-state index is -0.560. The number of nitrogens with one attached hydrogen (secondary N) is 1. The molecule has 0 spiro atoms. The molecular weight excluding hydrogens is 426 g/mol. The number of ether oxygens (including phenoxy) is 2. The van der Waals surface area contributed by atoms with E-state index in [1.54, 1.807) is 0 Å². The minimum absolute atomic E-state index is 0.114. The molecule has 0 bridgehead atoms. The zero-order chi connectivity index (χ0) is 22.6. The first kappa shape index (κ1) is 26.8. The maximum Gasteiger partial charge on any atom is 0.307 e. The third-order valence-corrected chi connectivity index (χ3v) is 4.56. The van der Waals surface area contributed by atoms with Gasteiger partial charge in [-0.3, -0.25) is 9.69 Å². The maximum atomic E-state index is 12.2. The molecule has 0 unspecified atom stereocenters. The highest BCUT2D eigenvalue weighted by molar-refractivity contribution is 6.64. The van der Waals surface area contributed by atoms with Crippen LogP contribution in [0.4, 0.5) is 0 Å². The second-order valence-electron chi connectivity index (χ2n) is 8.13. The van der Waals surface area contributed by atoms with Crippen LogP contribution < -0.4 is 9.96 Å². The van der Waals surface area contributed by atoms with Crippen LogP contribution in [0.1, 0.15) is 38.3 Å². The predicted molar refractivity (Wildman–Crippen MR) is 125 cm³/mol. The number of rotatable bonds is 14. The Bertz CT molecular complexity index is 665. The van der Waals surface area contributed by atoms with Gasteiger partial charge >= 0.3 is 5.97 Å². The van der Waals surface area contributed by atoms with Gasteiger partial charge in [-0.05, 0) is 44.9 Å². The highest BCUT2D eigenvalue weighted by Crippen LogP contribution is 2.21. The van der Waals surface area contributed by atoms with Crippen molar-refractivity contribution >= 4 is 42.8 Å². The molecule has 0 aliphatic rings. The van der Waals surface area contributed by atoms with Crippen molar-refractivity contribution < 1.29 is 19.1 Å². The fourth-order valence-electron chi connectivity index (χ4n) is 2.85. The van der Waals surface area contributed by atoms with Crippen LogP contribution in [0, 0.1) is 6.92 Å². The minimum Gasteiger partial charge on any atom is -0.492 e. The number of aryl methyl sites for hydroxylation is 1. The Morgan fingerprint density at radius 1 is 1.27 bits per heavy atom. The third-order valence-electron chi connectivity index (χ3n) is 4.22. The average molecular weight is 459 g/mol. The van der Waals surface area contributed by atoms with E-state index in [1.165, 1.54) is 0 Å². The summed E-state index contributed by atoms with van der Waals surface area (Å²) in [6, 6.07) is 5.72. The van der Waals surface area contributed by atoms with Crippen LogP contribution >= 0.6 is 23.2 Å². The molecule has 0 amide bonds. The number of carbonyl (C=O) groups is 2. The molecule has 0 saturated carbocycles. The number of hydrogen-bond donors (Lipinski definition) is 1. The summed E-state index contributed by atoms with van der Waals surface area (Å²) in [7, 11) is 0.141. The van der Waals surface area contributed by atoms with Crippen LogP contribution in [-0.2, 0) is 20.9 Å². The average Bonchev–Trinajstić information content (AvgIpc) is 2.65. The number of benzene rings is 1. The molecule has 0 heterocycles. The second kappa shape index (κ2) is 13.9. The maximum absolute atomic E-state index is 12.2. The number of esters is 1. The molecule has 168 valence electrons. The molecule has 0 radical (unpaired) electrons. The Hall–Kier alpha value is -1.28. The van der Waals surface area contributed by atoms with Crippen molar-refractivity contribution in [2.45, 2.75) is 52.3 Å². The Kier molecular flexibility index (Phi) is 12.4. The Balaban J connectivity index is 2.79. The molecule has 0 aliphatic carbocycles. The second-order valence-corrected chi connectivity index (χ2v) is 8.88. The molecule has 6 nitrogen and oxygen atoms in total. The smallest absolute Gasteiger partial charge is 0.307 e. The molecular formula is C21H33BCl2N2O4. The van der Waals surface area contributed by atoms with E-state index >= 15 is 0 Å². The summed E-state index contributed by atoms with van der Waals surface area (Å²) in [5.41, 5.74) is 1.53. The van der Waals surface area contributed by atoms with Gasteiger partial charge in [0.25, 0.3) is 7.41 Å². The molecule has 1 rings (SSSR count). The summed E-state index contributed by atoms with van der Waals surface area (Å²) in [6.45, 7) is 9.91. The van der Waals surface area contributed by atoms with Crippen molar-refractivity contribution in [3.8, 4) is 5.75 Å². The van der Waals surface area contributed by atoms with E-state index in [9.17, 15) is 9.59 Å². The van der Waals surface area contributed by atoms with Crippen LogP contribution in [-0.4, -0.2) is 67.6 Å². The summed E-state index contributed by atoms with van der Waals surface area (Å²) in [6.07, 6.45) is 0.874. The van der Waals surface area contributed by atoms with E-state index in [4.69, 9.17) is 32.7 Å². The fraction of sp³-hybridized carbons (Fsp3) is 0.619. The van der Waals surface area contributed by atoms with Crippen LogP contribution in [0.3, 0.4) is 0 Å². The van der Waals surface area contributed by atoms with Gasteiger partial charge in [0.05, 0.1) is 12.6 Å². The van der Waals surface area contributed by atoms with E-state index in [1.807, 2.05) is 39.8 Å². The van der Waals surface area contributed by atoms with Crippen LogP contribution in [0.25, 0.3) is 0 Å². The molecule has 0 saturated heterocycles. The lowest BCUT2D eigenvalue weighted by Crippen LogP contribution is -2.41. The molecule has 1 aromatic carbocycles. The third kappa shape index (κ3) is 11.2. The summed E-state index contributed by atoms with van der Waals surface area (Å²) in [5.74, 6) is 1.49. The van der Waals surface area contributed by atoms with E-state index in [2.05, 4.69) is 16.2 Å². The van der Waals surface area contributed by atoms with Gasteiger partial charge in [0.15, 0.2) is 0 Å². The molecule has 0 aliphatic heterocycles. The lowest BCUT2D eigenvalue weighted by Gasteiger charge is -2.23. The van der Waals surface area contributed by atoms with E-state index in [0.717, 1.165) is 42.7 Å². The molecule has 0 fully saturated rings. The summed E-state index contributed by atoms with van der Waals surface area (Å²) in [4.78, 5) is 25.1. The number of halogens is 2. The zero-order valence-electron chi connectivity index (χ0n) is 18.4. The molecule has 1 aromatic rings. The Morgan fingerprint density at radius 3 is 2.50 bits per heavy atom. The molecule has 1 N–H and O–H groups in total. The largest absolute Gasteiger partial charge is 0.492 e. The first-order chi connectivity index (χ1) is 14.2.